The zero-order valence-electron chi connectivity index (χ0n) is 19.7. The van der Waals surface area contributed by atoms with Crippen molar-refractivity contribution in [3.8, 4) is 17.1 Å². The average Bonchev–Trinajstić information content (AvgIpc) is 3.33. The summed E-state index contributed by atoms with van der Waals surface area (Å²) >= 11 is 0. The van der Waals surface area contributed by atoms with Crippen molar-refractivity contribution in [2.45, 2.75) is 52.0 Å². The van der Waals surface area contributed by atoms with Gasteiger partial charge in [0.15, 0.2) is 5.76 Å². The number of rotatable bonds is 14. The van der Waals surface area contributed by atoms with E-state index in [1.54, 1.807) is 6.92 Å². The van der Waals surface area contributed by atoms with E-state index in [2.05, 4.69) is 10.6 Å². The second-order valence-corrected chi connectivity index (χ2v) is 7.99. The quantitative estimate of drug-likeness (QED) is 0.0886. The van der Waals surface area contributed by atoms with Gasteiger partial charge in [-0.2, -0.15) is 0 Å². The molecule has 1 heterocycles. The van der Waals surface area contributed by atoms with Gasteiger partial charge in [-0.1, -0.05) is 39.2 Å². The molecule has 3 amide bonds. The number of aromatic hydroxyl groups is 1. The van der Waals surface area contributed by atoms with Gasteiger partial charge in [0.05, 0.1) is 18.6 Å². The van der Waals surface area contributed by atoms with Crippen LogP contribution in [-0.4, -0.2) is 57.4 Å². The van der Waals surface area contributed by atoms with Gasteiger partial charge < -0.3 is 25.3 Å². The molecule has 0 radical (unpaired) electrons. The summed E-state index contributed by atoms with van der Waals surface area (Å²) in [5.74, 6) is -3.16. The number of hydrogen-bond donors (Lipinski definition) is 5. The fourth-order valence-corrected chi connectivity index (χ4v) is 3.76. The van der Waals surface area contributed by atoms with Crippen LogP contribution in [0, 0.1) is 5.92 Å². The third-order valence-electron chi connectivity index (χ3n) is 5.64. The van der Waals surface area contributed by atoms with E-state index in [-0.39, 0.29) is 30.2 Å². The second-order valence-electron chi connectivity index (χ2n) is 7.99. The molecule has 11 nitrogen and oxygen atoms in total. The number of aromatic carboxylic acids is 1. The zero-order valence-corrected chi connectivity index (χ0v) is 19.7. The molecular weight excluding hydrogens is 458 g/mol. The topological polar surface area (TPSA) is 169 Å². The van der Waals surface area contributed by atoms with Crippen LogP contribution in [0.3, 0.4) is 0 Å². The highest BCUT2D eigenvalue weighted by Crippen LogP contribution is 2.28. The molecule has 0 aliphatic carbocycles. The molecule has 190 valence electrons. The Balaban J connectivity index is 1.99. The number of carbonyl (C=O) groups is 4. The summed E-state index contributed by atoms with van der Waals surface area (Å²) < 4.78 is 5.50. The van der Waals surface area contributed by atoms with E-state index in [4.69, 9.17) is 9.52 Å². The van der Waals surface area contributed by atoms with Crippen LogP contribution in [0.25, 0.3) is 11.3 Å². The van der Waals surface area contributed by atoms with Gasteiger partial charge in [0.1, 0.15) is 17.1 Å². The molecule has 11 heteroatoms. The van der Waals surface area contributed by atoms with Crippen LogP contribution in [0.5, 0.6) is 5.75 Å². The first kappa shape index (κ1) is 27.4. The van der Waals surface area contributed by atoms with E-state index in [1.807, 2.05) is 6.92 Å². The van der Waals surface area contributed by atoms with Gasteiger partial charge in [-0.15, -0.1) is 0 Å². The molecule has 2 rings (SSSR count). The van der Waals surface area contributed by atoms with Crippen LogP contribution >= 0.6 is 0 Å². The molecule has 2 atom stereocenters. The Kier molecular flexibility index (Phi) is 10.3. The number of hydrogen-bond acceptors (Lipinski definition) is 7. The number of carbonyl (C=O) groups excluding carboxylic acids is 3. The third-order valence-corrected chi connectivity index (χ3v) is 5.64. The number of unbranched alkanes of at least 4 members (excludes halogenated alkanes) is 2. The van der Waals surface area contributed by atoms with Gasteiger partial charge in [0.2, 0.25) is 12.3 Å². The Hall–Kier alpha value is -3.86. The van der Waals surface area contributed by atoms with E-state index in [1.165, 1.54) is 30.3 Å². The minimum absolute atomic E-state index is 0.0514. The number of benzene rings is 1. The molecule has 1 aromatic heterocycles. The molecule has 0 aliphatic rings. The van der Waals surface area contributed by atoms with Gasteiger partial charge in [-0.25, -0.2) is 9.86 Å². The number of carboxylic acids is 1. The molecular formula is C24H31N3O8. The van der Waals surface area contributed by atoms with Crippen molar-refractivity contribution in [1.82, 2.24) is 15.7 Å². The van der Waals surface area contributed by atoms with Gasteiger partial charge in [-0.05, 0) is 37.1 Å². The summed E-state index contributed by atoms with van der Waals surface area (Å²) in [6.07, 6.45) is 3.74. The van der Waals surface area contributed by atoms with E-state index < -0.39 is 35.5 Å². The molecule has 0 fully saturated rings. The van der Waals surface area contributed by atoms with Crippen LogP contribution in [0.1, 0.15) is 66.9 Å². The molecule has 5 N–H and O–H groups in total. The van der Waals surface area contributed by atoms with Crippen LogP contribution in [0.15, 0.2) is 34.7 Å². The fourth-order valence-electron chi connectivity index (χ4n) is 3.76. The molecule has 1 aromatic carbocycles. The van der Waals surface area contributed by atoms with E-state index >= 15 is 0 Å². The summed E-state index contributed by atoms with van der Waals surface area (Å²) in [6, 6.07) is 6.10. The maximum atomic E-state index is 12.8. The smallest absolute Gasteiger partial charge is 0.339 e. The summed E-state index contributed by atoms with van der Waals surface area (Å²) in [7, 11) is 0. The Bertz CT molecular complexity index is 1040. The lowest BCUT2D eigenvalue weighted by atomic mass is 9.90. The molecule has 35 heavy (non-hydrogen) atoms. The monoisotopic (exact) mass is 489 g/mol. The number of furan rings is 1. The fraction of sp³-hybridized carbons (Fsp3) is 0.417. The largest absolute Gasteiger partial charge is 0.507 e. The first-order valence-corrected chi connectivity index (χ1v) is 11.4. The van der Waals surface area contributed by atoms with Crippen LogP contribution in [0.2, 0.25) is 0 Å². The zero-order chi connectivity index (χ0) is 26.0. The highest BCUT2D eigenvalue weighted by Gasteiger charge is 2.30. The van der Waals surface area contributed by atoms with Crippen molar-refractivity contribution < 1.29 is 39.0 Å². The highest BCUT2D eigenvalue weighted by atomic mass is 16.5. The summed E-state index contributed by atoms with van der Waals surface area (Å²) in [5, 5.41) is 34.4. The standard InChI is InChI=1S/C24H31N3O8/c1-3-5-6-7-16(18(4-2)27(34)14-28)22(30)25-13-26-23(31)21-11-10-20(35-21)15-8-9-17(24(32)33)19(29)12-15/h8-12,14,16,18,29,34H,3-7,13H2,1-2H3,(H,25,30)(H,26,31)(H,32,33). The lowest BCUT2D eigenvalue weighted by Gasteiger charge is -2.29. The lowest BCUT2D eigenvalue weighted by Crippen LogP contribution is -2.47. The van der Waals surface area contributed by atoms with Crippen molar-refractivity contribution in [3.05, 3.63) is 41.7 Å². The van der Waals surface area contributed by atoms with Crippen molar-refractivity contribution in [2.24, 2.45) is 5.92 Å². The number of hydroxylamine groups is 2. The maximum absolute atomic E-state index is 12.8. The molecule has 0 saturated heterocycles. The third kappa shape index (κ3) is 7.31. The van der Waals surface area contributed by atoms with Gasteiger partial charge in [-0.3, -0.25) is 19.6 Å². The molecule has 0 aliphatic heterocycles. The summed E-state index contributed by atoms with van der Waals surface area (Å²) in [5.41, 5.74) is 0.119. The van der Waals surface area contributed by atoms with Crippen LogP contribution in [-0.2, 0) is 9.59 Å². The molecule has 0 spiro atoms. The second kappa shape index (κ2) is 13.1. The number of phenols is 1. The van der Waals surface area contributed by atoms with Gasteiger partial charge >= 0.3 is 5.97 Å². The van der Waals surface area contributed by atoms with Gasteiger partial charge in [0.25, 0.3) is 5.91 Å². The Labute approximate surface area is 202 Å². The average molecular weight is 490 g/mol. The van der Waals surface area contributed by atoms with Crippen LogP contribution in [0.4, 0.5) is 0 Å². The molecule has 2 unspecified atom stereocenters. The first-order chi connectivity index (χ1) is 16.7. The molecule has 0 bridgehead atoms. The molecule has 0 saturated carbocycles. The number of nitrogens with one attached hydrogen (secondary N) is 2. The lowest BCUT2D eigenvalue weighted by molar-refractivity contribution is -0.168. The van der Waals surface area contributed by atoms with E-state index in [0.29, 0.717) is 23.5 Å². The normalized spacial score (nSPS) is 12.4. The Morgan fingerprint density at radius 3 is 2.46 bits per heavy atom. The maximum Gasteiger partial charge on any atom is 0.339 e. The number of amides is 3. The minimum Gasteiger partial charge on any atom is -0.507 e. The SMILES string of the molecule is CCCCCC(C(=O)NCNC(=O)c1ccc(-c2ccc(C(=O)O)c(O)c2)o1)C(CC)N(O)C=O. The Morgan fingerprint density at radius 2 is 1.86 bits per heavy atom. The first-order valence-electron chi connectivity index (χ1n) is 11.4. The number of carboxylic acid groups (broad SMARTS) is 1. The highest BCUT2D eigenvalue weighted by molar-refractivity contribution is 5.93. The van der Waals surface area contributed by atoms with Crippen molar-refractivity contribution in [3.63, 3.8) is 0 Å². The molecule has 2 aromatic rings. The van der Waals surface area contributed by atoms with Gasteiger partial charge in [0, 0.05) is 5.56 Å². The van der Waals surface area contributed by atoms with Crippen molar-refractivity contribution in [2.75, 3.05) is 6.67 Å². The van der Waals surface area contributed by atoms with Crippen molar-refractivity contribution in [1.29, 1.82) is 0 Å². The van der Waals surface area contributed by atoms with E-state index in [0.717, 1.165) is 19.3 Å². The predicted octanol–water partition coefficient (Wildman–Crippen LogP) is 2.98. The Morgan fingerprint density at radius 1 is 1.11 bits per heavy atom. The number of nitrogens with zero attached hydrogens (tertiary/aromatic N) is 1. The van der Waals surface area contributed by atoms with Crippen LogP contribution < -0.4 is 10.6 Å². The minimum atomic E-state index is -1.27. The van der Waals surface area contributed by atoms with Crippen molar-refractivity contribution >= 4 is 24.2 Å². The predicted molar refractivity (Wildman–Crippen MR) is 125 cm³/mol. The van der Waals surface area contributed by atoms with E-state index in [9.17, 15) is 29.5 Å². The summed E-state index contributed by atoms with van der Waals surface area (Å²) in [4.78, 5) is 47.3. The summed E-state index contributed by atoms with van der Waals surface area (Å²) in [6.45, 7) is 3.59.